The van der Waals surface area contributed by atoms with Gasteiger partial charge in [0.2, 0.25) is 0 Å². The van der Waals surface area contributed by atoms with E-state index in [0.717, 1.165) is 16.5 Å². The van der Waals surface area contributed by atoms with Gasteiger partial charge in [-0.05, 0) is 32.9 Å². The Morgan fingerprint density at radius 2 is 1.94 bits per heavy atom. The molecule has 2 rings (SSSR count). The zero-order chi connectivity index (χ0) is 12.5. The van der Waals surface area contributed by atoms with Gasteiger partial charge in [-0.3, -0.25) is 0 Å². The van der Waals surface area contributed by atoms with Gasteiger partial charge in [0.15, 0.2) is 0 Å². The lowest BCUT2D eigenvalue weighted by molar-refractivity contribution is -0.0149. The maximum atomic E-state index is 6.14. The Balaban J connectivity index is 2.31. The molecule has 0 aliphatic heterocycles. The predicted octanol–water partition coefficient (Wildman–Crippen LogP) is 4.20. The van der Waals surface area contributed by atoms with Crippen LogP contribution in [0.25, 0.3) is 10.9 Å². The van der Waals surface area contributed by atoms with Crippen molar-refractivity contribution < 1.29 is 4.74 Å². The molecule has 1 heterocycles. The molecule has 1 aromatic carbocycles. The van der Waals surface area contributed by atoms with Crippen LogP contribution in [0.1, 0.15) is 26.3 Å². The lowest BCUT2D eigenvalue weighted by Crippen LogP contribution is -2.18. The summed E-state index contributed by atoms with van der Waals surface area (Å²) in [4.78, 5) is 4.36. The SMILES string of the molecule is CC(C)(C)OCc1cc2ccccc2nc1Cl. The average Bonchev–Trinajstić information content (AvgIpc) is 2.25. The molecule has 0 fully saturated rings. The van der Waals surface area contributed by atoms with Gasteiger partial charge in [0.05, 0.1) is 17.7 Å². The molecule has 2 aromatic rings. The molecule has 1 aromatic heterocycles. The summed E-state index contributed by atoms with van der Waals surface area (Å²) in [7, 11) is 0. The number of pyridine rings is 1. The smallest absolute Gasteiger partial charge is 0.135 e. The number of fused-ring (bicyclic) bond motifs is 1. The van der Waals surface area contributed by atoms with Crippen molar-refractivity contribution in [3.8, 4) is 0 Å². The Labute approximate surface area is 107 Å². The summed E-state index contributed by atoms with van der Waals surface area (Å²) in [6.45, 7) is 6.56. The molecule has 0 aliphatic carbocycles. The normalized spacial score (nSPS) is 12.0. The number of benzene rings is 1. The quantitative estimate of drug-likeness (QED) is 0.744. The lowest BCUT2D eigenvalue weighted by atomic mass is 10.1. The van der Waals surface area contributed by atoms with E-state index in [1.807, 2.05) is 51.1 Å². The number of halogens is 1. The van der Waals surface area contributed by atoms with Crippen molar-refractivity contribution in [1.29, 1.82) is 0 Å². The number of ether oxygens (including phenoxy) is 1. The number of nitrogens with zero attached hydrogens (tertiary/aromatic N) is 1. The molecular weight excluding hydrogens is 234 g/mol. The van der Waals surface area contributed by atoms with Crippen molar-refractivity contribution in [3.05, 3.63) is 41.0 Å². The first-order valence-corrected chi connectivity index (χ1v) is 6.02. The maximum absolute atomic E-state index is 6.14. The number of para-hydroxylation sites is 1. The van der Waals surface area contributed by atoms with Gasteiger partial charge in [-0.15, -0.1) is 0 Å². The van der Waals surface area contributed by atoms with Crippen molar-refractivity contribution in [2.24, 2.45) is 0 Å². The highest BCUT2D eigenvalue weighted by molar-refractivity contribution is 6.30. The van der Waals surface area contributed by atoms with Gasteiger partial charge in [-0.25, -0.2) is 4.98 Å². The van der Waals surface area contributed by atoms with Crippen LogP contribution in [0.15, 0.2) is 30.3 Å². The molecule has 0 unspecified atom stereocenters. The van der Waals surface area contributed by atoms with Crippen LogP contribution in [-0.2, 0) is 11.3 Å². The average molecular weight is 250 g/mol. The molecule has 0 N–H and O–H groups in total. The molecule has 0 saturated carbocycles. The number of hydrogen-bond acceptors (Lipinski definition) is 2. The Hall–Kier alpha value is -1.12. The van der Waals surface area contributed by atoms with E-state index >= 15 is 0 Å². The van der Waals surface area contributed by atoms with Crippen LogP contribution in [-0.4, -0.2) is 10.6 Å². The van der Waals surface area contributed by atoms with Gasteiger partial charge >= 0.3 is 0 Å². The molecule has 0 radical (unpaired) electrons. The summed E-state index contributed by atoms with van der Waals surface area (Å²) in [5, 5.41) is 1.61. The van der Waals surface area contributed by atoms with Crippen LogP contribution in [0.3, 0.4) is 0 Å². The monoisotopic (exact) mass is 249 g/mol. The topological polar surface area (TPSA) is 22.1 Å². The Morgan fingerprint density at radius 3 is 2.65 bits per heavy atom. The number of hydrogen-bond donors (Lipinski definition) is 0. The molecule has 0 spiro atoms. The molecule has 0 aliphatic rings. The second-order valence-corrected chi connectivity index (χ2v) is 5.39. The van der Waals surface area contributed by atoms with Crippen LogP contribution >= 0.6 is 11.6 Å². The predicted molar refractivity (Wildman–Crippen MR) is 71.3 cm³/mol. The molecule has 0 amide bonds. The van der Waals surface area contributed by atoms with Crippen molar-refractivity contribution in [3.63, 3.8) is 0 Å². The molecule has 0 bridgehead atoms. The van der Waals surface area contributed by atoms with E-state index in [-0.39, 0.29) is 5.60 Å². The number of rotatable bonds is 2. The highest BCUT2D eigenvalue weighted by Gasteiger charge is 2.12. The standard InChI is InChI=1S/C14H16ClNO/c1-14(2,3)17-9-11-8-10-6-4-5-7-12(10)16-13(11)15/h4-8H,9H2,1-3H3. The second kappa shape index (κ2) is 4.63. The minimum absolute atomic E-state index is 0.172. The zero-order valence-corrected chi connectivity index (χ0v) is 11.1. The molecule has 90 valence electrons. The first-order chi connectivity index (χ1) is 7.96. The highest BCUT2D eigenvalue weighted by Crippen LogP contribution is 2.22. The van der Waals surface area contributed by atoms with E-state index in [4.69, 9.17) is 16.3 Å². The summed E-state index contributed by atoms with van der Waals surface area (Å²) in [5.74, 6) is 0. The van der Waals surface area contributed by atoms with E-state index in [1.54, 1.807) is 0 Å². The van der Waals surface area contributed by atoms with Crippen molar-refractivity contribution in [2.75, 3.05) is 0 Å². The first kappa shape index (κ1) is 12.3. The third-order valence-electron chi connectivity index (χ3n) is 2.41. The van der Waals surface area contributed by atoms with Gasteiger partial charge in [0, 0.05) is 10.9 Å². The Kier molecular flexibility index (Phi) is 3.36. The molecule has 2 nitrogen and oxygen atoms in total. The Morgan fingerprint density at radius 1 is 1.24 bits per heavy atom. The summed E-state index contributed by atoms with van der Waals surface area (Å²) in [6.07, 6.45) is 0. The minimum atomic E-state index is -0.172. The molecular formula is C14H16ClNO. The molecule has 0 atom stereocenters. The van der Waals surface area contributed by atoms with E-state index in [2.05, 4.69) is 4.98 Å². The fourth-order valence-electron chi connectivity index (χ4n) is 1.53. The fourth-order valence-corrected chi connectivity index (χ4v) is 1.73. The van der Waals surface area contributed by atoms with Gasteiger partial charge < -0.3 is 4.74 Å². The van der Waals surface area contributed by atoms with Crippen LogP contribution in [0.5, 0.6) is 0 Å². The van der Waals surface area contributed by atoms with E-state index in [9.17, 15) is 0 Å². The summed E-state index contributed by atoms with van der Waals surface area (Å²) < 4.78 is 5.72. The third-order valence-corrected chi connectivity index (χ3v) is 2.74. The van der Waals surface area contributed by atoms with E-state index in [0.29, 0.717) is 11.8 Å². The highest BCUT2D eigenvalue weighted by atomic mass is 35.5. The van der Waals surface area contributed by atoms with E-state index in [1.165, 1.54) is 0 Å². The van der Waals surface area contributed by atoms with E-state index < -0.39 is 0 Å². The number of aromatic nitrogens is 1. The second-order valence-electron chi connectivity index (χ2n) is 5.03. The third kappa shape index (κ3) is 3.18. The van der Waals surface area contributed by atoms with Crippen molar-refractivity contribution >= 4 is 22.5 Å². The molecule has 3 heteroatoms. The van der Waals surface area contributed by atoms with Crippen LogP contribution in [0.2, 0.25) is 5.15 Å². The van der Waals surface area contributed by atoms with Crippen LogP contribution < -0.4 is 0 Å². The first-order valence-electron chi connectivity index (χ1n) is 5.64. The van der Waals surface area contributed by atoms with Gasteiger partial charge in [-0.1, -0.05) is 29.8 Å². The van der Waals surface area contributed by atoms with Gasteiger partial charge in [0.1, 0.15) is 5.15 Å². The van der Waals surface area contributed by atoms with Crippen LogP contribution in [0.4, 0.5) is 0 Å². The molecule has 0 saturated heterocycles. The summed E-state index contributed by atoms with van der Waals surface area (Å²) in [5.41, 5.74) is 1.67. The van der Waals surface area contributed by atoms with Gasteiger partial charge in [-0.2, -0.15) is 0 Å². The van der Waals surface area contributed by atoms with Crippen molar-refractivity contribution in [1.82, 2.24) is 4.98 Å². The largest absolute Gasteiger partial charge is 0.371 e. The fraction of sp³-hybridized carbons (Fsp3) is 0.357. The maximum Gasteiger partial charge on any atom is 0.135 e. The lowest BCUT2D eigenvalue weighted by Gasteiger charge is -2.19. The summed E-state index contributed by atoms with van der Waals surface area (Å²) >= 11 is 6.14. The zero-order valence-electron chi connectivity index (χ0n) is 10.3. The Bertz CT molecular complexity index is 531. The minimum Gasteiger partial charge on any atom is -0.371 e. The van der Waals surface area contributed by atoms with Gasteiger partial charge in [0.25, 0.3) is 0 Å². The summed E-state index contributed by atoms with van der Waals surface area (Å²) in [6, 6.07) is 9.97. The molecule has 17 heavy (non-hydrogen) atoms. The van der Waals surface area contributed by atoms with Crippen molar-refractivity contribution in [2.45, 2.75) is 33.0 Å². The van der Waals surface area contributed by atoms with Crippen LogP contribution in [0, 0.1) is 0 Å².